The summed E-state index contributed by atoms with van der Waals surface area (Å²) in [5.41, 5.74) is 2.80. The third kappa shape index (κ3) is 2.29. The lowest BCUT2D eigenvalue weighted by Crippen LogP contribution is -2.08. The van der Waals surface area contributed by atoms with Gasteiger partial charge in [-0.25, -0.2) is 0 Å². The molecule has 1 aliphatic carbocycles. The van der Waals surface area contributed by atoms with Crippen molar-refractivity contribution in [2.45, 2.75) is 31.0 Å². The maximum Gasteiger partial charge on any atom is 0.155 e. The minimum Gasteiger partial charge on any atom is -0.491 e. The lowest BCUT2D eigenvalue weighted by Gasteiger charge is -2.24. The first kappa shape index (κ1) is 12.7. The number of ether oxygens (including phenoxy) is 1. The molecule has 0 N–H and O–H groups in total. The van der Waals surface area contributed by atoms with Gasteiger partial charge in [-0.15, -0.1) is 0 Å². The van der Waals surface area contributed by atoms with Crippen molar-refractivity contribution in [3.8, 4) is 11.8 Å². The topological polar surface area (TPSA) is 33.0 Å². The fraction of sp³-hybridized carbons (Fsp3) is 0.462. The summed E-state index contributed by atoms with van der Waals surface area (Å²) in [6, 6.07) is 4.07. The van der Waals surface area contributed by atoms with Gasteiger partial charge in [-0.2, -0.15) is 5.26 Å². The van der Waals surface area contributed by atoms with Gasteiger partial charge in [-0.3, -0.25) is 0 Å². The molecule has 0 amide bonds. The molecule has 0 spiro atoms. The zero-order valence-corrected chi connectivity index (χ0v) is 11.9. The van der Waals surface area contributed by atoms with Gasteiger partial charge in [0.2, 0.25) is 0 Å². The molecular weight excluding hydrogens is 302 g/mol. The summed E-state index contributed by atoms with van der Waals surface area (Å²) in [5.74, 6) is 0.539. The van der Waals surface area contributed by atoms with Crippen LogP contribution >= 0.6 is 27.5 Å². The number of hydrogen-bond acceptors (Lipinski definition) is 2. The lowest BCUT2D eigenvalue weighted by molar-refractivity contribution is 0.338. The van der Waals surface area contributed by atoms with Crippen LogP contribution in [0, 0.1) is 11.3 Å². The van der Waals surface area contributed by atoms with Crippen molar-refractivity contribution in [2.24, 2.45) is 0 Å². The zero-order chi connectivity index (χ0) is 12.4. The van der Waals surface area contributed by atoms with Gasteiger partial charge in [0, 0.05) is 4.83 Å². The van der Waals surface area contributed by atoms with Gasteiger partial charge in [0.05, 0.1) is 17.2 Å². The highest BCUT2D eigenvalue weighted by Crippen LogP contribution is 2.44. The highest BCUT2D eigenvalue weighted by molar-refractivity contribution is 9.09. The minimum absolute atomic E-state index is 0.298. The van der Waals surface area contributed by atoms with E-state index in [0.29, 0.717) is 27.8 Å². The summed E-state index contributed by atoms with van der Waals surface area (Å²) in [4.78, 5) is 0.298. The molecule has 90 valence electrons. The van der Waals surface area contributed by atoms with E-state index in [1.54, 1.807) is 0 Å². The van der Waals surface area contributed by atoms with E-state index in [-0.39, 0.29) is 0 Å². The quantitative estimate of drug-likeness (QED) is 0.759. The van der Waals surface area contributed by atoms with E-state index in [1.807, 2.05) is 13.0 Å². The van der Waals surface area contributed by atoms with Crippen molar-refractivity contribution in [3.05, 3.63) is 27.8 Å². The standard InChI is InChI=1S/C13H13BrClNO/c1-2-17-13-8(7-16)6-10-9(12(13)15)4-3-5-11(10)14/h6,11H,2-5H2,1H3. The molecule has 17 heavy (non-hydrogen) atoms. The zero-order valence-electron chi connectivity index (χ0n) is 9.59. The average molecular weight is 315 g/mol. The summed E-state index contributed by atoms with van der Waals surface area (Å²) >= 11 is 10.00. The maximum absolute atomic E-state index is 9.15. The summed E-state index contributed by atoms with van der Waals surface area (Å²) in [6.45, 7) is 2.41. The number of nitrogens with zero attached hydrogens (tertiary/aromatic N) is 1. The first-order valence-electron chi connectivity index (χ1n) is 5.71. The molecular formula is C13H13BrClNO. The Morgan fingerprint density at radius 1 is 1.65 bits per heavy atom. The smallest absolute Gasteiger partial charge is 0.155 e. The number of nitriles is 1. The maximum atomic E-state index is 9.15. The van der Waals surface area contributed by atoms with Crippen LogP contribution in [0.2, 0.25) is 5.02 Å². The van der Waals surface area contributed by atoms with Gasteiger partial charge in [0.25, 0.3) is 0 Å². The van der Waals surface area contributed by atoms with E-state index in [4.69, 9.17) is 21.6 Å². The van der Waals surface area contributed by atoms with Crippen molar-refractivity contribution in [1.29, 1.82) is 5.26 Å². The predicted molar refractivity (Wildman–Crippen MR) is 71.9 cm³/mol. The van der Waals surface area contributed by atoms with Gasteiger partial charge >= 0.3 is 0 Å². The van der Waals surface area contributed by atoms with Crippen LogP contribution in [0.3, 0.4) is 0 Å². The van der Waals surface area contributed by atoms with Crippen molar-refractivity contribution in [2.75, 3.05) is 6.61 Å². The van der Waals surface area contributed by atoms with Gasteiger partial charge in [0.15, 0.2) is 5.75 Å². The number of alkyl halides is 1. The Labute approximate surface area is 115 Å². The molecule has 0 fully saturated rings. The van der Waals surface area contributed by atoms with E-state index in [1.165, 1.54) is 0 Å². The van der Waals surface area contributed by atoms with Crippen LogP contribution in [0.25, 0.3) is 0 Å². The van der Waals surface area contributed by atoms with E-state index in [0.717, 1.165) is 30.4 Å². The Kier molecular flexibility index (Phi) is 3.96. The fourth-order valence-electron chi connectivity index (χ4n) is 2.21. The fourth-order valence-corrected chi connectivity index (χ4v) is 3.30. The van der Waals surface area contributed by atoms with Crippen LogP contribution in [-0.2, 0) is 6.42 Å². The van der Waals surface area contributed by atoms with Gasteiger partial charge in [-0.05, 0) is 43.4 Å². The third-order valence-electron chi connectivity index (χ3n) is 2.99. The second-order valence-corrected chi connectivity index (χ2v) is 5.52. The molecule has 0 heterocycles. The highest BCUT2D eigenvalue weighted by Gasteiger charge is 2.24. The second kappa shape index (κ2) is 5.29. The second-order valence-electron chi connectivity index (χ2n) is 4.04. The van der Waals surface area contributed by atoms with E-state index in [9.17, 15) is 0 Å². The lowest BCUT2D eigenvalue weighted by atomic mass is 9.90. The molecule has 0 aromatic heterocycles. The average Bonchev–Trinajstić information content (AvgIpc) is 2.33. The van der Waals surface area contributed by atoms with Crippen LogP contribution in [-0.4, -0.2) is 6.61 Å². The Morgan fingerprint density at radius 2 is 2.41 bits per heavy atom. The third-order valence-corrected chi connectivity index (χ3v) is 4.34. The Hall–Kier alpha value is -0.720. The molecule has 2 nitrogen and oxygen atoms in total. The van der Waals surface area contributed by atoms with Crippen molar-refractivity contribution >= 4 is 27.5 Å². The van der Waals surface area contributed by atoms with Crippen LogP contribution in [0.15, 0.2) is 6.07 Å². The summed E-state index contributed by atoms with van der Waals surface area (Å²) in [7, 11) is 0. The molecule has 1 aliphatic rings. The Morgan fingerprint density at radius 3 is 3.06 bits per heavy atom. The van der Waals surface area contributed by atoms with Crippen LogP contribution < -0.4 is 4.74 Å². The Balaban J connectivity index is 2.60. The first-order chi connectivity index (χ1) is 8.19. The normalized spacial score (nSPS) is 18.4. The number of halogens is 2. The highest BCUT2D eigenvalue weighted by atomic mass is 79.9. The predicted octanol–water partition coefficient (Wildman–Crippen LogP) is 4.38. The van der Waals surface area contributed by atoms with Crippen LogP contribution in [0.1, 0.15) is 41.3 Å². The molecule has 0 saturated carbocycles. The molecule has 1 atom stereocenters. The summed E-state index contributed by atoms with van der Waals surface area (Å²) in [5, 5.41) is 9.77. The molecule has 0 aliphatic heterocycles. The first-order valence-corrected chi connectivity index (χ1v) is 7.00. The van der Waals surface area contributed by atoms with Gasteiger partial charge in [-0.1, -0.05) is 27.5 Å². The largest absolute Gasteiger partial charge is 0.491 e. The van der Waals surface area contributed by atoms with E-state index >= 15 is 0 Å². The number of hydrogen-bond donors (Lipinski definition) is 0. The molecule has 0 bridgehead atoms. The molecule has 1 unspecified atom stereocenters. The summed E-state index contributed by atoms with van der Waals surface area (Å²) in [6.07, 6.45) is 3.16. The molecule has 0 radical (unpaired) electrons. The van der Waals surface area contributed by atoms with Crippen LogP contribution in [0.4, 0.5) is 0 Å². The Bertz CT molecular complexity index is 481. The molecule has 0 saturated heterocycles. The SMILES string of the molecule is CCOc1c(C#N)cc2c(c1Cl)CCCC2Br. The van der Waals surface area contributed by atoms with Gasteiger partial charge < -0.3 is 4.74 Å². The molecule has 2 rings (SSSR count). The van der Waals surface area contributed by atoms with E-state index in [2.05, 4.69) is 22.0 Å². The number of rotatable bonds is 2. The molecule has 4 heteroatoms. The molecule has 1 aromatic carbocycles. The number of benzene rings is 1. The number of fused-ring (bicyclic) bond motifs is 1. The van der Waals surface area contributed by atoms with E-state index < -0.39 is 0 Å². The van der Waals surface area contributed by atoms with Crippen molar-refractivity contribution in [1.82, 2.24) is 0 Å². The molecule has 1 aromatic rings. The van der Waals surface area contributed by atoms with Crippen LogP contribution in [0.5, 0.6) is 5.75 Å². The van der Waals surface area contributed by atoms with Crippen molar-refractivity contribution < 1.29 is 4.74 Å². The minimum atomic E-state index is 0.298. The van der Waals surface area contributed by atoms with Crippen molar-refractivity contribution in [3.63, 3.8) is 0 Å². The summed E-state index contributed by atoms with van der Waals surface area (Å²) < 4.78 is 5.49. The van der Waals surface area contributed by atoms with Gasteiger partial charge in [0.1, 0.15) is 6.07 Å². The monoisotopic (exact) mass is 313 g/mol.